The fourth-order valence-electron chi connectivity index (χ4n) is 3.56. The first-order valence-corrected chi connectivity index (χ1v) is 9.64. The standard InChI is InChI=1S/C20H28N6O.ClH/c1-11(2)14-10-13(17-23-18(25-27-17)20(21)8-7-9-20)15-12(3)24-26(16(15)22-14)19(4,5)6;/h10-11H,7-9,21H2,1-6H3;1H. The Morgan fingerprint density at radius 2 is 1.89 bits per heavy atom. The Kier molecular flexibility index (Phi) is 5.04. The first-order chi connectivity index (χ1) is 12.6. The Labute approximate surface area is 171 Å². The van der Waals surface area contributed by atoms with E-state index in [1.54, 1.807) is 0 Å². The molecule has 0 unspecified atom stereocenters. The lowest BCUT2D eigenvalue weighted by Crippen LogP contribution is -2.44. The summed E-state index contributed by atoms with van der Waals surface area (Å²) < 4.78 is 7.65. The molecule has 1 aliphatic carbocycles. The Hall–Kier alpha value is -1.99. The van der Waals surface area contributed by atoms with Gasteiger partial charge < -0.3 is 10.3 Å². The molecule has 0 spiro atoms. The SMILES string of the molecule is Cc1nn(C(C)(C)C)c2nc(C(C)C)cc(-c3nc(C4(N)CCC4)no3)c12.Cl. The van der Waals surface area contributed by atoms with Crippen LogP contribution >= 0.6 is 12.4 Å². The van der Waals surface area contributed by atoms with Gasteiger partial charge in [-0.3, -0.25) is 0 Å². The summed E-state index contributed by atoms with van der Waals surface area (Å²) in [5, 5.41) is 9.93. The van der Waals surface area contributed by atoms with E-state index in [4.69, 9.17) is 20.3 Å². The highest BCUT2D eigenvalue weighted by Crippen LogP contribution is 2.39. The molecule has 4 rings (SSSR count). The molecule has 2 N–H and O–H groups in total. The van der Waals surface area contributed by atoms with Crippen LogP contribution in [0.25, 0.3) is 22.5 Å². The number of aryl methyl sites for hydroxylation is 1. The van der Waals surface area contributed by atoms with Gasteiger partial charge in [0.2, 0.25) is 0 Å². The zero-order valence-electron chi connectivity index (χ0n) is 17.4. The Morgan fingerprint density at radius 1 is 1.21 bits per heavy atom. The maximum atomic E-state index is 6.38. The van der Waals surface area contributed by atoms with E-state index in [1.165, 1.54) is 0 Å². The molecule has 1 aliphatic rings. The monoisotopic (exact) mass is 404 g/mol. The van der Waals surface area contributed by atoms with Gasteiger partial charge in [0.1, 0.15) is 0 Å². The summed E-state index contributed by atoms with van der Waals surface area (Å²) in [6.07, 6.45) is 2.90. The van der Waals surface area contributed by atoms with Gasteiger partial charge in [-0.05, 0) is 58.9 Å². The molecule has 0 radical (unpaired) electrons. The lowest BCUT2D eigenvalue weighted by Gasteiger charge is -2.34. The number of rotatable bonds is 3. The molecule has 1 fully saturated rings. The van der Waals surface area contributed by atoms with E-state index in [-0.39, 0.29) is 23.9 Å². The second-order valence-electron chi connectivity index (χ2n) is 9.05. The van der Waals surface area contributed by atoms with Gasteiger partial charge in [-0.15, -0.1) is 12.4 Å². The second kappa shape index (κ2) is 6.81. The van der Waals surface area contributed by atoms with E-state index in [9.17, 15) is 0 Å². The molecule has 8 heteroatoms. The van der Waals surface area contributed by atoms with Gasteiger partial charge in [0.25, 0.3) is 5.89 Å². The molecule has 1 saturated carbocycles. The molecular formula is C20H29ClN6O. The van der Waals surface area contributed by atoms with Crippen LogP contribution in [-0.4, -0.2) is 24.9 Å². The van der Waals surface area contributed by atoms with Gasteiger partial charge >= 0.3 is 0 Å². The molecule has 152 valence electrons. The summed E-state index contributed by atoms with van der Waals surface area (Å²) in [6.45, 7) is 12.6. The summed E-state index contributed by atoms with van der Waals surface area (Å²) in [6, 6.07) is 2.05. The summed E-state index contributed by atoms with van der Waals surface area (Å²) in [5.41, 5.74) is 9.39. The topological polar surface area (TPSA) is 95.7 Å². The minimum Gasteiger partial charge on any atom is -0.334 e. The van der Waals surface area contributed by atoms with Gasteiger partial charge in [0.05, 0.1) is 27.7 Å². The predicted octanol–water partition coefficient (Wildman–Crippen LogP) is 4.43. The van der Waals surface area contributed by atoms with E-state index in [1.807, 2.05) is 11.6 Å². The zero-order valence-corrected chi connectivity index (χ0v) is 18.2. The van der Waals surface area contributed by atoms with Crippen molar-refractivity contribution in [2.75, 3.05) is 0 Å². The average molecular weight is 405 g/mol. The van der Waals surface area contributed by atoms with Crippen molar-refractivity contribution in [3.63, 3.8) is 0 Å². The van der Waals surface area contributed by atoms with E-state index >= 15 is 0 Å². The maximum absolute atomic E-state index is 6.38. The van der Waals surface area contributed by atoms with Crippen LogP contribution in [0.2, 0.25) is 0 Å². The number of fused-ring (bicyclic) bond motifs is 1. The van der Waals surface area contributed by atoms with Gasteiger partial charge in [0, 0.05) is 5.69 Å². The van der Waals surface area contributed by atoms with Crippen LogP contribution in [0.3, 0.4) is 0 Å². The summed E-state index contributed by atoms with van der Waals surface area (Å²) in [4.78, 5) is 9.59. The normalized spacial score (nSPS) is 16.3. The van der Waals surface area contributed by atoms with E-state index in [2.05, 4.69) is 50.8 Å². The molecule has 0 aliphatic heterocycles. The largest absolute Gasteiger partial charge is 0.334 e. The Balaban J connectivity index is 0.00000225. The Bertz CT molecular complexity index is 1010. The number of nitrogens with zero attached hydrogens (tertiary/aromatic N) is 5. The molecular weight excluding hydrogens is 376 g/mol. The molecule has 0 aromatic carbocycles. The molecule has 7 nitrogen and oxygen atoms in total. The lowest BCUT2D eigenvalue weighted by molar-refractivity contribution is 0.229. The smallest absolute Gasteiger partial charge is 0.258 e. The number of pyridine rings is 1. The van der Waals surface area contributed by atoms with Gasteiger partial charge in [-0.2, -0.15) is 10.1 Å². The number of aromatic nitrogens is 5. The highest BCUT2D eigenvalue weighted by molar-refractivity contribution is 5.93. The van der Waals surface area contributed by atoms with Crippen molar-refractivity contribution in [2.24, 2.45) is 5.73 Å². The third-order valence-corrected chi connectivity index (χ3v) is 5.41. The van der Waals surface area contributed by atoms with Crippen molar-refractivity contribution in [2.45, 2.75) is 77.8 Å². The van der Waals surface area contributed by atoms with Gasteiger partial charge in [-0.1, -0.05) is 19.0 Å². The highest BCUT2D eigenvalue weighted by atomic mass is 35.5. The third-order valence-electron chi connectivity index (χ3n) is 5.41. The molecule has 3 aromatic heterocycles. The number of hydrogen-bond donors (Lipinski definition) is 1. The lowest BCUT2D eigenvalue weighted by atomic mass is 9.77. The fourth-order valence-corrected chi connectivity index (χ4v) is 3.56. The zero-order chi connectivity index (χ0) is 19.6. The van der Waals surface area contributed by atoms with E-state index < -0.39 is 5.54 Å². The molecule has 3 heterocycles. The van der Waals surface area contributed by atoms with Crippen LogP contribution in [0.1, 0.15) is 77.0 Å². The van der Waals surface area contributed by atoms with Crippen LogP contribution in [0.15, 0.2) is 10.6 Å². The summed E-state index contributed by atoms with van der Waals surface area (Å²) in [5.74, 6) is 1.36. The van der Waals surface area contributed by atoms with E-state index in [0.717, 1.165) is 47.2 Å². The minimum atomic E-state index is -0.445. The van der Waals surface area contributed by atoms with Crippen molar-refractivity contribution < 1.29 is 4.52 Å². The van der Waals surface area contributed by atoms with Crippen LogP contribution in [-0.2, 0) is 11.1 Å². The molecule has 28 heavy (non-hydrogen) atoms. The average Bonchev–Trinajstić information content (AvgIpc) is 3.17. The maximum Gasteiger partial charge on any atom is 0.258 e. The second-order valence-corrected chi connectivity index (χ2v) is 9.05. The molecule has 0 atom stereocenters. The summed E-state index contributed by atoms with van der Waals surface area (Å²) in [7, 11) is 0. The van der Waals surface area contributed by atoms with Crippen molar-refractivity contribution in [1.82, 2.24) is 24.9 Å². The highest BCUT2D eigenvalue weighted by Gasteiger charge is 2.39. The fraction of sp³-hybridized carbons (Fsp3) is 0.600. The number of nitrogens with two attached hydrogens (primary N) is 1. The van der Waals surface area contributed by atoms with Crippen molar-refractivity contribution in [1.29, 1.82) is 0 Å². The molecule has 0 amide bonds. The Morgan fingerprint density at radius 3 is 2.43 bits per heavy atom. The third kappa shape index (κ3) is 3.20. The van der Waals surface area contributed by atoms with Crippen LogP contribution in [0, 0.1) is 6.92 Å². The number of hydrogen-bond acceptors (Lipinski definition) is 6. The van der Waals surface area contributed by atoms with Crippen molar-refractivity contribution >= 4 is 23.4 Å². The first kappa shape index (κ1) is 20.7. The molecule has 0 saturated heterocycles. The quantitative estimate of drug-likeness (QED) is 0.693. The minimum absolute atomic E-state index is 0. The molecule has 3 aromatic rings. The first-order valence-electron chi connectivity index (χ1n) is 9.64. The van der Waals surface area contributed by atoms with E-state index in [0.29, 0.717) is 11.7 Å². The van der Waals surface area contributed by atoms with Crippen LogP contribution in [0.4, 0.5) is 0 Å². The number of halogens is 1. The van der Waals surface area contributed by atoms with Crippen molar-refractivity contribution in [3.8, 4) is 11.5 Å². The summed E-state index contributed by atoms with van der Waals surface area (Å²) >= 11 is 0. The van der Waals surface area contributed by atoms with Gasteiger partial charge in [0.15, 0.2) is 11.5 Å². The van der Waals surface area contributed by atoms with Crippen LogP contribution < -0.4 is 5.73 Å². The molecule has 0 bridgehead atoms. The predicted molar refractivity (Wildman–Crippen MR) is 112 cm³/mol. The van der Waals surface area contributed by atoms with Crippen molar-refractivity contribution in [3.05, 3.63) is 23.3 Å². The van der Waals surface area contributed by atoms with Crippen LogP contribution in [0.5, 0.6) is 0 Å². The van der Waals surface area contributed by atoms with Gasteiger partial charge in [-0.25, -0.2) is 9.67 Å².